The van der Waals surface area contributed by atoms with Gasteiger partial charge in [-0.3, -0.25) is 4.79 Å². The molecule has 2 rings (SSSR count). The lowest BCUT2D eigenvalue weighted by molar-refractivity contribution is 0.112. The summed E-state index contributed by atoms with van der Waals surface area (Å²) >= 11 is 0. The summed E-state index contributed by atoms with van der Waals surface area (Å²) in [6.07, 6.45) is 0.946. The zero-order valence-electron chi connectivity index (χ0n) is 9.03. The van der Waals surface area contributed by atoms with Gasteiger partial charge < -0.3 is 0 Å². The minimum absolute atomic E-state index is 0.384. The van der Waals surface area contributed by atoms with Crippen LogP contribution in [0.2, 0.25) is 0 Å². The zero-order valence-corrected chi connectivity index (χ0v) is 9.03. The third-order valence-corrected chi connectivity index (χ3v) is 2.70. The first-order valence-electron chi connectivity index (χ1n) is 5.20. The average Bonchev–Trinajstić information content (AvgIpc) is 2.27. The van der Waals surface area contributed by atoms with Crippen molar-refractivity contribution in [3.05, 3.63) is 47.5 Å². The lowest BCUT2D eigenvalue weighted by atomic mass is 9.94. The molecule has 0 amide bonds. The maximum atomic E-state index is 11.0. The molecule has 1 heteroatoms. The second-order valence-corrected chi connectivity index (χ2v) is 4.10. The Kier molecular flexibility index (Phi) is 2.55. The molecule has 0 aliphatic rings. The molecule has 2 aromatic carbocycles. The van der Waals surface area contributed by atoms with Gasteiger partial charge in [-0.2, -0.15) is 0 Å². The van der Waals surface area contributed by atoms with Gasteiger partial charge in [0.15, 0.2) is 0 Å². The topological polar surface area (TPSA) is 17.1 Å². The van der Waals surface area contributed by atoms with Gasteiger partial charge in [-0.25, -0.2) is 0 Å². The van der Waals surface area contributed by atoms with Crippen molar-refractivity contribution in [2.75, 3.05) is 0 Å². The summed E-state index contributed by atoms with van der Waals surface area (Å²) in [5, 5.41) is 2.33. The maximum absolute atomic E-state index is 11.0. The number of rotatable bonds is 2. The van der Waals surface area contributed by atoms with E-state index in [1.807, 2.05) is 24.3 Å². The predicted molar refractivity (Wildman–Crippen MR) is 63.4 cm³/mol. The minimum Gasteiger partial charge on any atom is -0.298 e. The molecular weight excluding hydrogens is 184 g/mol. The van der Waals surface area contributed by atoms with Gasteiger partial charge >= 0.3 is 0 Å². The first kappa shape index (κ1) is 9.91. The second kappa shape index (κ2) is 3.85. The number of benzene rings is 2. The van der Waals surface area contributed by atoms with Crippen LogP contribution in [0, 0.1) is 0 Å². The molecule has 0 N–H and O–H groups in total. The minimum atomic E-state index is 0.384. The number of carbonyl (C=O) groups is 1. The van der Waals surface area contributed by atoms with Crippen LogP contribution in [0.25, 0.3) is 10.8 Å². The molecule has 0 aliphatic heterocycles. The molecule has 0 saturated carbocycles. The highest BCUT2D eigenvalue weighted by Gasteiger charge is 2.07. The summed E-state index contributed by atoms with van der Waals surface area (Å²) < 4.78 is 0. The van der Waals surface area contributed by atoms with Gasteiger partial charge in [-0.1, -0.05) is 44.2 Å². The first-order chi connectivity index (χ1) is 7.22. The number of aldehydes is 1. The number of carbonyl (C=O) groups excluding carboxylic acids is 1. The van der Waals surface area contributed by atoms with Crippen LogP contribution >= 0.6 is 0 Å². The van der Waals surface area contributed by atoms with Crippen LogP contribution in [0.15, 0.2) is 36.4 Å². The monoisotopic (exact) mass is 198 g/mol. The molecule has 0 spiro atoms. The molecule has 1 nitrogen and oxygen atoms in total. The smallest absolute Gasteiger partial charge is 0.150 e. The van der Waals surface area contributed by atoms with E-state index in [1.54, 1.807) is 0 Å². The summed E-state index contributed by atoms with van der Waals surface area (Å²) in [5.74, 6) is 0.384. The van der Waals surface area contributed by atoms with Gasteiger partial charge in [0.2, 0.25) is 0 Å². The van der Waals surface area contributed by atoms with Crippen molar-refractivity contribution in [1.29, 1.82) is 0 Å². The molecule has 0 atom stereocenters. The summed E-state index contributed by atoms with van der Waals surface area (Å²) in [5.41, 5.74) is 1.94. The van der Waals surface area contributed by atoms with E-state index >= 15 is 0 Å². The molecule has 0 fully saturated rings. The van der Waals surface area contributed by atoms with Crippen molar-refractivity contribution >= 4 is 17.1 Å². The van der Waals surface area contributed by atoms with Crippen LogP contribution in [0.1, 0.15) is 35.7 Å². The van der Waals surface area contributed by atoms with Gasteiger partial charge in [0.05, 0.1) is 0 Å². The third-order valence-electron chi connectivity index (χ3n) is 2.70. The van der Waals surface area contributed by atoms with E-state index in [9.17, 15) is 4.79 Å². The Balaban J connectivity index is 2.74. The molecule has 0 bridgehead atoms. The molecule has 0 aliphatic carbocycles. The van der Waals surface area contributed by atoms with Crippen LogP contribution in [0.4, 0.5) is 0 Å². The first-order valence-corrected chi connectivity index (χ1v) is 5.20. The summed E-state index contributed by atoms with van der Waals surface area (Å²) in [7, 11) is 0. The second-order valence-electron chi connectivity index (χ2n) is 4.10. The normalized spacial score (nSPS) is 10.9. The highest BCUT2D eigenvalue weighted by atomic mass is 16.1. The quantitative estimate of drug-likeness (QED) is 0.671. The van der Waals surface area contributed by atoms with Crippen LogP contribution in [-0.4, -0.2) is 6.29 Å². The van der Waals surface area contributed by atoms with E-state index < -0.39 is 0 Å². The zero-order chi connectivity index (χ0) is 10.8. The highest BCUT2D eigenvalue weighted by Crippen LogP contribution is 2.24. The third kappa shape index (κ3) is 1.78. The maximum Gasteiger partial charge on any atom is 0.150 e. The predicted octanol–water partition coefficient (Wildman–Crippen LogP) is 3.78. The van der Waals surface area contributed by atoms with Gasteiger partial charge in [0.25, 0.3) is 0 Å². The summed E-state index contributed by atoms with van der Waals surface area (Å²) in [6, 6.07) is 12.2. The van der Waals surface area contributed by atoms with E-state index in [2.05, 4.69) is 26.0 Å². The fourth-order valence-corrected chi connectivity index (χ4v) is 1.88. The Hall–Kier alpha value is -1.63. The van der Waals surface area contributed by atoms with Crippen molar-refractivity contribution in [3.8, 4) is 0 Å². The fraction of sp³-hybridized carbons (Fsp3) is 0.214. The molecule has 15 heavy (non-hydrogen) atoms. The van der Waals surface area contributed by atoms with E-state index in [4.69, 9.17) is 0 Å². The van der Waals surface area contributed by atoms with E-state index in [0.29, 0.717) is 5.92 Å². The van der Waals surface area contributed by atoms with Crippen molar-refractivity contribution < 1.29 is 4.79 Å². The largest absolute Gasteiger partial charge is 0.298 e. The van der Waals surface area contributed by atoms with Crippen molar-refractivity contribution in [3.63, 3.8) is 0 Å². The number of fused-ring (bicyclic) bond motifs is 1. The summed E-state index contributed by atoms with van der Waals surface area (Å²) in [6.45, 7) is 4.22. The molecule has 0 heterocycles. The lowest BCUT2D eigenvalue weighted by Crippen LogP contribution is -1.95. The molecule has 0 aromatic heterocycles. The molecule has 0 saturated heterocycles. The fourth-order valence-electron chi connectivity index (χ4n) is 1.88. The molecule has 2 aromatic rings. The van der Waals surface area contributed by atoms with Crippen molar-refractivity contribution in [2.24, 2.45) is 0 Å². The molecule has 0 radical (unpaired) electrons. The van der Waals surface area contributed by atoms with Gasteiger partial charge in [0.1, 0.15) is 6.29 Å². The average molecular weight is 198 g/mol. The van der Waals surface area contributed by atoms with Crippen LogP contribution in [-0.2, 0) is 0 Å². The highest BCUT2D eigenvalue weighted by molar-refractivity contribution is 5.90. The Bertz CT molecular complexity index is 498. The van der Waals surface area contributed by atoms with E-state index in [1.165, 1.54) is 5.39 Å². The molecule has 0 unspecified atom stereocenters. The Labute approximate surface area is 89.7 Å². The Morgan fingerprint density at radius 3 is 2.20 bits per heavy atom. The summed E-state index contributed by atoms with van der Waals surface area (Å²) in [4.78, 5) is 11.0. The van der Waals surface area contributed by atoms with Crippen LogP contribution in [0.3, 0.4) is 0 Å². The van der Waals surface area contributed by atoms with Gasteiger partial charge in [0, 0.05) is 5.56 Å². The Morgan fingerprint density at radius 2 is 1.67 bits per heavy atom. The van der Waals surface area contributed by atoms with Crippen LogP contribution < -0.4 is 0 Å². The molecule has 76 valence electrons. The van der Waals surface area contributed by atoms with Crippen molar-refractivity contribution in [2.45, 2.75) is 19.8 Å². The van der Waals surface area contributed by atoms with E-state index in [-0.39, 0.29) is 0 Å². The number of hydrogen-bond acceptors (Lipinski definition) is 1. The van der Waals surface area contributed by atoms with Gasteiger partial charge in [-0.15, -0.1) is 0 Å². The SMILES string of the molecule is CC(C)c1cc2ccccc2cc1C=O. The standard InChI is InChI=1S/C14H14O/c1-10(2)14-8-12-6-4-3-5-11(12)7-13(14)9-15/h3-10H,1-2H3. The van der Waals surface area contributed by atoms with Crippen molar-refractivity contribution in [1.82, 2.24) is 0 Å². The van der Waals surface area contributed by atoms with Crippen LogP contribution in [0.5, 0.6) is 0 Å². The molecular formula is C14H14O. The van der Waals surface area contributed by atoms with E-state index in [0.717, 1.165) is 22.8 Å². The van der Waals surface area contributed by atoms with Gasteiger partial charge in [-0.05, 0) is 28.3 Å². The Morgan fingerprint density at radius 1 is 1.07 bits per heavy atom. The number of hydrogen-bond donors (Lipinski definition) is 0. The lowest BCUT2D eigenvalue weighted by Gasteiger charge is -2.10.